The van der Waals surface area contributed by atoms with Gasteiger partial charge in [0, 0.05) is 16.7 Å². The Labute approximate surface area is 152 Å². The third kappa shape index (κ3) is 3.19. The van der Waals surface area contributed by atoms with Gasteiger partial charge < -0.3 is 0 Å². The molecule has 0 bridgehead atoms. The van der Waals surface area contributed by atoms with Crippen molar-refractivity contribution in [3.8, 4) is 33.6 Å². The number of hydrogen-bond donors (Lipinski definition) is 0. The molecule has 0 aliphatic rings. The van der Waals surface area contributed by atoms with Gasteiger partial charge in [-0.2, -0.15) is 0 Å². The lowest BCUT2D eigenvalue weighted by Crippen LogP contribution is -1.94. The molecule has 25 heavy (non-hydrogen) atoms. The fraction of sp³-hybridized carbons (Fsp3) is 0. The summed E-state index contributed by atoms with van der Waals surface area (Å²) >= 11 is 6.61. The lowest BCUT2D eigenvalue weighted by Gasteiger charge is -2.13. The zero-order valence-corrected chi connectivity index (χ0v) is 14.3. The number of rotatable bonds is 3. The SMILES string of the molecule is Clc1cc(-c2ccccc2)c(-c2ccccc2)nc1-c1ccccc1. The first-order valence-electron chi connectivity index (χ1n) is 8.20. The van der Waals surface area contributed by atoms with Gasteiger partial charge in [-0.3, -0.25) is 0 Å². The van der Waals surface area contributed by atoms with Crippen LogP contribution in [-0.4, -0.2) is 4.98 Å². The molecule has 0 radical (unpaired) electrons. The summed E-state index contributed by atoms with van der Waals surface area (Å²) in [5.74, 6) is 0. The van der Waals surface area contributed by atoms with Crippen LogP contribution in [0.1, 0.15) is 0 Å². The van der Waals surface area contributed by atoms with Gasteiger partial charge in [-0.1, -0.05) is 103 Å². The van der Waals surface area contributed by atoms with Gasteiger partial charge in [-0.15, -0.1) is 0 Å². The van der Waals surface area contributed by atoms with E-state index in [-0.39, 0.29) is 0 Å². The van der Waals surface area contributed by atoms with Crippen molar-refractivity contribution in [2.45, 2.75) is 0 Å². The Hall–Kier alpha value is -2.90. The normalized spacial score (nSPS) is 10.6. The zero-order chi connectivity index (χ0) is 17.1. The summed E-state index contributed by atoms with van der Waals surface area (Å²) in [5, 5.41) is 0.657. The summed E-state index contributed by atoms with van der Waals surface area (Å²) in [6.07, 6.45) is 0. The summed E-state index contributed by atoms with van der Waals surface area (Å²) < 4.78 is 0. The van der Waals surface area contributed by atoms with Crippen LogP contribution >= 0.6 is 11.6 Å². The number of halogens is 1. The highest BCUT2D eigenvalue weighted by molar-refractivity contribution is 6.33. The van der Waals surface area contributed by atoms with Crippen molar-refractivity contribution in [2.24, 2.45) is 0 Å². The van der Waals surface area contributed by atoms with Crippen LogP contribution in [0.4, 0.5) is 0 Å². The second kappa shape index (κ2) is 6.92. The van der Waals surface area contributed by atoms with Crippen molar-refractivity contribution in [3.63, 3.8) is 0 Å². The molecule has 3 aromatic carbocycles. The van der Waals surface area contributed by atoms with Crippen LogP contribution in [0.2, 0.25) is 5.02 Å². The Bertz CT molecular complexity index is 980. The second-order valence-electron chi connectivity index (χ2n) is 5.81. The first kappa shape index (κ1) is 15.6. The van der Waals surface area contributed by atoms with Crippen LogP contribution in [0, 0.1) is 0 Å². The molecule has 4 rings (SSSR count). The molecule has 1 heterocycles. The predicted molar refractivity (Wildman–Crippen MR) is 106 cm³/mol. The second-order valence-corrected chi connectivity index (χ2v) is 6.22. The molecular weight excluding hydrogens is 326 g/mol. The molecule has 2 heteroatoms. The van der Waals surface area contributed by atoms with Gasteiger partial charge in [0.05, 0.1) is 16.4 Å². The van der Waals surface area contributed by atoms with E-state index < -0.39 is 0 Å². The predicted octanol–water partition coefficient (Wildman–Crippen LogP) is 6.74. The molecule has 0 N–H and O–H groups in total. The summed E-state index contributed by atoms with van der Waals surface area (Å²) in [6, 6.07) is 32.6. The van der Waals surface area contributed by atoms with Crippen molar-refractivity contribution in [1.82, 2.24) is 4.98 Å². The highest BCUT2D eigenvalue weighted by Crippen LogP contribution is 2.37. The van der Waals surface area contributed by atoms with Crippen LogP contribution in [0.3, 0.4) is 0 Å². The maximum Gasteiger partial charge on any atom is 0.0896 e. The van der Waals surface area contributed by atoms with E-state index in [0.29, 0.717) is 5.02 Å². The Morgan fingerprint density at radius 3 is 1.48 bits per heavy atom. The first-order valence-corrected chi connectivity index (χ1v) is 8.57. The summed E-state index contributed by atoms with van der Waals surface area (Å²) in [5.41, 5.74) is 5.99. The molecule has 4 aromatic rings. The molecule has 0 saturated heterocycles. The van der Waals surface area contributed by atoms with Gasteiger partial charge >= 0.3 is 0 Å². The Morgan fingerprint density at radius 2 is 0.960 bits per heavy atom. The van der Waals surface area contributed by atoms with E-state index in [1.54, 1.807) is 0 Å². The molecule has 0 saturated carbocycles. The maximum absolute atomic E-state index is 6.61. The lowest BCUT2D eigenvalue weighted by atomic mass is 9.98. The van der Waals surface area contributed by atoms with E-state index in [0.717, 1.165) is 33.6 Å². The summed E-state index contributed by atoms with van der Waals surface area (Å²) in [4.78, 5) is 4.96. The van der Waals surface area contributed by atoms with Gasteiger partial charge in [-0.05, 0) is 11.6 Å². The molecule has 0 amide bonds. The van der Waals surface area contributed by atoms with E-state index in [4.69, 9.17) is 16.6 Å². The summed E-state index contributed by atoms with van der Waals surface area (Å²) in [6.45, 7) is 0. The highest BCUT2D eigenvalue weighted by Gasteiger charge is 2.14. The van der Waals surface area contributed by atoms with Gasteiger partial charge in [0.25, 0.3) is 0 Å². The largest absolute Gasteiger partial charge is 0.246 e. The molecule has 1 nitrogen and oxygen atoms in total. The Balaban J connectivity index is 1.98. The van der Waals surface area contributed by atoms with Crippen LogP contribution in [0.5, 0.6) is 0 Å². The molecule has 0 spiro atoms. The van der Waals surface area contributed by atoms with E-state index in [2.05, 4.69) is 24.3 Å². The van der Waals surface area contributed by atoms with E-state index in [9.17, 15) is 0 Å². The minimum absolute atomic E-state index is 0.657. The number of aromatic nitrogens is 1. The lowest BCUT2D eigenvalue weighted by molar-refractivity contribution is 1.32. The topological polar surface area (TPSA) is 12.9 Å². The van der Waals surface area contributed by atoms with E-state index in [1.165, 1.54) is 0 Å². The first-order chi connectivity index (χ1) is 12.3. The minimum Gasteiger partial charge on any atom is -0.246 e. The van der Waals surface area contributed by atoms with Crippen LogP contribution < -0.4 is 0 Å². The number of pyridine rings is 1. The standard InChI is InChI=1S/C23H16ClN/c24-21-16-20(17-10-4-1-5-11-17)22(18-12-6-2-7-13-18)25-23(21)19-14-8-3-9-15-19/h1-16H. The number of nitrogens with zero attached hydrogens (tertiary/aromatic N) is 1. The van der Waals surface area contributed by atoms with Gasteiger partial charge in [0.1, 0.15) is 0 Å². The van der Waals surface area contributed by atoms with Crippen LogP contribution in [-0.2, 0) is 0 Å². The van der Waals surface area contributed by atoms with Gasteiger partial charge in [-0.25, -0.2) is 4.98 Å². The van der Waals surface area contributed by atoms with Gasteiger partial charge in [0.2, 0.25) is 0 Å². The number of hydrogen-bond acceptors (Lipinski definition) is 1. The molecule has 1 aromatic heterocycles. The van der Waals surface area contributed by atoms with Crippen LogP contribution in [0.15, 0.2) is 97.1 Å². The fourth-order valence-electron chi connectivity index (χ4n) is 2.94. The molecule has 0 fully saturated rings. The quantitative estimate of drug-likeness (QED) is 0.402. The molecule has 0 atom stereocenters. The maximum atomic E-state index is 6.61. The molecule has 0 aliphatic heterocycles. The van der Waals surface area contributed by atoms with E-state index in [1.807, 2.05) is 72.8 Å². The smallest absolute Gasteiger partial charge is 0.0896 e. The third-order valence-electron chi connectivity index (χ3n) is 4.16. The van der Waals surface area contributed by atoms with Crippen molar-refractivity contribution in [1.29, 1.82) is 0 Å². The average Bonchev–Trinajstić information content (AvgIpc) is 2.70. The van der Waals surface area contributed by atoms with Crippen molar-refractivity contribution in [2.75, 3.05) is 0 Å². The molecule has 0 aliphatic carbocycles. The fourth-order valence-corrected chi connectivity index (χ4v) is 3.20. The van der Waals surface area contributed by atoms with Crippen LogP contribution in [0.25, 0.3) is 33.6 Å². The van der Waals surface area contributed by atoms with Crippen molar-refractivity contribution in [3.05, 3.63) is 102 Å². The third-order valence-corrected chi connectivity index (χ3v) is 4.44. The Kier molecular flexibility index (Phi) is 4.32. The monoisotopic (exact) mass is 341 g/mol. The zero-order valence-electron chi connectivity index (χ0n) is 13.6. The molecular formula is C23H16ClN. The van der Waals surface area contributed by atoms with Gasteiger partial charge in [0.15, 0.2) is 0 Å². The number of benzene rings is 3. The van der Waals surface area contributed by atoms with Crippen molar-refractivity contribution < 1.29 is 0 Å². The highest BCUT2D eigenvalue weighted by atomic mass is 35.5. The average molecular weight is 342 g/mol. The van der Waals surface area contributed by atoms with E-state index >= 15 is 0 Å². The molecule has 120 valence electrons. The summed E-state index contributed by atoms with van der Waals surface area (Å²) in [7, 11) is 0. The van der Waals surface area contributed by atoms with Crippen molar-refractivity contribution >= 4 is 11.6 Å². The Morgan fingerprint density at radius 1 is 0.520 bits per heavy atom. The molecule has 0 unspecified atom stereocenters. The minimum atomic E-state index is 0.657.